The minimum Gasteiger partial charge on any atom is -0.313 e. The summed E-state index contributed by atoms with van der Waals surface area (Å²) in [7, 11) is 0. The molecule has 1 nitrogen and oxygen atoms in total. The maximum absolute atomic E-state index is 5.22. The van der Waals surface area contributed by atoms with Gasteiger partial charge in [-0.1, -0.05) is 26.2 Å². The molecule has 1 heteroatoms. The molecule has 1 fully saturated rings. The lowest BCUT2D eigenvalue weighted by Crippen LogP contribution is -2.34. The highest BCUT2D eigenvalue weighted by molar-refractivity contribution is 4.85. The predicted octanol–water partition coefficient (Wildman–Crippen LogP) is 2.57. The zero-order valence-electron chi connectivity index (χ0n) is 8.68. The maximum Gasteiger partial charge on any atom is 0.0212 e. The molecule has 1 N–H and O–H groups in total. The van der Waals surface area contributed by atoms with Crippen molar-refractivity contribution in [1.82, 2.24) is 5.32 Å². The van der Waals surface area contributed by atoms with Crippen molar-refractivity contribution in [3.8, 4) is 12.3 Å². The monoisotopic (exact) mass is 179 g/mol. The first-order valence-electron chi connectivity index (χ1n) is 5.51. The molecule has 74 valence electrons. The van der Waals surface area contributed by atoms with Crippen LogP contribution in [-0.4, -0.2) is 12.6 Å². The summed E-state index contributed by atoms with van der Waals surface area (Å²) in [6.45, 7) is 3.35. The van der Waals surface area contributed by atoms with E-state index in [0.717, 1.165) is 24.9 Å². The summed E-state index contributed by atoms with van der Waals surface area (Å²) in [6, 6.07) is 0.718. The Bertz CT molecular complexity index is 168. The van der Waals surface area contributed by atoms with Crippen molar-refractivity contribution in [2.45, 2.75) is 51.5 Å². The van der Waals surface area contributed by atoms with Crippen LogP contribution in [0.2, 0.25) is 0 Å². The molecule has 0 aromatic carbocycles. The summed E-state index contributed by atoms with van der Waals surface area (Å²) in [5.74, 6) is 3.51. The Morgan fingerprint density at radius 2 is 2.08 bits per heavy atom. The van der Waals surface area contributed by atoms with Crippen LogP contribution in [0.25, 0.3) is 0 Å². The largest absolute Gasteiger partial charge is 0.313 e. The van der Waals surface area contributed by atoms with E-state index in [2.05, 4.69) is 18.2 Å². The van der Waals surface area contributed by atoms with Crippen LogP contribution in [0.3, 0.4) is 0 Å². The third-order valence-electron chi connectivity index (χ3n) is 3.04. The minimum absolute atomic E-state index is 0.718. The normalized spacial score (nSPS) is 29.2. The molecular weight excluding hydrogens is 158 g/mol. The van der Waals surface area contributed by atoms with Gasteiger partial charge in [-0.15, -0.1) is 12.3 Å². The van der Waals surface area contributed by atoms with Crippen LogP contribution in [0.4, 0.5) is 0 Å². The summed E-state index contributed by atoms with van der Waals surface area (Å²) in [4.78, 5) is 0. The van der Waals surface area contributed by atoms with Gasteiger partial charge >= 0.3 is 0 Å². The summed E-state index contributed by atoms with van der Waals surface area (Å²) < 4.78 is 0. The second kappa shape index (κ2) is 6.05. The highest BCUT2D eigenvalue weighted by Crippen LogP contribution is 2.22. The lowest BCUT2D eigenvalue weighted by atomic mass is 9.97. The Kier molecular flexibility index (Phi) is 4.93. The van der Waals surface area contributed by atoms with Crippen molar-refractivity contribution in [3.63, 3.8) is 0 Å². The van der Waals surface area contributed by atoms with Gasteiger partial charge in [0.15, 0.2) is 0 Å². The van der Waals surface area contributed by atoms with Crippen LogP contribution in [0.5, 0.6) is 0 Å². The molecule has 2 unspecified atom stereocenters. The molecule has 1 aliphatic rings. The molecule has 0 bridgehead atoms. The zero-order valence-corrected chi connectivity index (χ0v) is 8.68. The molecular formula is C12H21N. The minimum atomic E-state index is 0.718. The van der Waals surface area contributed by atoms with Crippen molar-refractivity contribution >= 4 is 0 Å². The first kappa shape index (κ1) is 10.6. The van der Waals surface area contributed by atoms with E-state index in [1.807, 2.05) is 0 Å². The van der Waals surface area contributed by atoms with Crippen LogP contribution in [-0.2, 0) is 0 Å². The highest BCUT2D eigenvalue weighted by atomic mass is 14.9. The maximum atomic E-state index is 5.22. The second-order valence-electron chi connectivity index (χ2n) is 4.13. The van der Waals surface area contributed by atoms with Crippen molar-refractivity contribution in [3.05, 3.63) is 0 Å². The number of hydrogen-bond acceptors (Lipinski definition) is 1. The quantitative estimate of drug-likeness (QED) is 0.399. The van der Waals surface area contributed by atoms with Gasteiger partial charge in [-0.2, -0.15) is 0 Å². The van der Waals surface area contributed by atoms with Crippen LogP contribution in [0.15, 0.2) is 0 Å². The molecule has 13 heavy (non-hydrogen) atoms. The number of rotatable bonds is 3. The van der Waals surface area contributed by atoms with Crippen LogP contribution in [0.1, 0.15) is 45.4 Å². The van der Waals surface area contributed by atoms with Gasteiger partial charge in [0.25, 0.3) is 0 Å². The molecule has 0 spiro atoms. The molecule has 1 rings (SSSR count). The molecule has 0 aromatic heterocycles. The van der Waals surface area contributed by atoms with E-state index in [1.54, 1.807) is 0 Å². The lowest BCUT2D eigenvalue weighted by Gasteiger charge is -2.22. The SMILES string of the molecule is C#CCCNC1CCCCCC1C. The van der Waals surface area contributed by atoms with Crippen LogP contribution >= 0.6 is 0 Å². The third-order valence-corrected chi connectivity index (χ3v) is 3.04. The Morgan fingerprint density at radius 3 is 2.85 bits per heavy atom. The van der Waals surface area contributed by atoms with Crippen LogP contribution < -0.4 is 5.32 Å². The van der Waals surface area contributed by atoms with E-state index in [4.69, 9.17) is 6.42 Å². The Balaban J connectivity index is 2.24. The van der Waals surface area contributed by atoms with Gasteiger partial charge in [0.05, 0.1) is 0 Å². The molecule has 0 aliphatic heterocycles. The van der Waals surface area contributed by atoms with Gasteiger partial charge in [0, 0.05) is 19.0 Å². The Morgan fingerprint density at radius 1 is 1.31 bits per heavy atom. The van der Waals surface area contributed by atoms with E-state index < -0.39 is 0 Å². The first-order valence-corrected chi connectivity index (χ1v) is 5.51. The fraction of sp³-hybridized carbons (Fsp3) is 0.833. The van der Waals surface area contributed by atoms with Gasteiger partial charge in [-0.25, -0.2) is 0 Å². The van der Waals surface area contributed by atoms with Crippen molar-refractivity contribution < 1.29 is 0 Å². The van der Waals surface area contributed by atoms with E-state index in [9.17, 15) is 0 Å². The van der Waals surface area contributed by atoms with Gasteiger partial charge in [0.1, 0.15) is 0 Å². The summed E-state index contributed by atoms with van der Waals surface area (Å²) in [6.07, 6.45) is 13.0. The number of nitrogens with one attached hydrogen (secondary N) is 1. The van der Waals surface area contributed by atoms with Crippen LogP contribution in [0, 0.1) is 18.3 Å². The summed E-state index contributed by atoms with van der Waals surface area (Å²) in [5.41, 5.74) is 0. The second-order valence-corrected chi connectivity index (χ2v) is 4.13. The third kappa shape index (κ3) is 3.83. The molecule has 1 saturated carbocycles. The number of hydrogen-bond donors (Lipinski definition) is 1. The standard InChI is InChI=1S/C12H21N/c1-3-4-10-13-12-9-7-5-6-8-11(12)2/h1,11-13H,4-10H2,2H3. The van der Waals surface area contributed by atoms with Crippen molar-refractivity contribution in [2.24, 2.45) is 5.92 Å². The van der Waals surface area contributed by atoms with Gasteiger partial charge < -0.3 is 5.32 Å². The first-order chi connectivity index (χ1) is 6.34. The molecule has 0 amide bonds. The molecule has 2 atom stereocenters. The summed E-state index contributed by atoms with van der Waals surface area (Å²) in [5, 5.41) is 3.57. The number of terminal acetylenes is 1. The smallest absolute Gasteiger partial charge is 0.0212 e. The van der Waals surface area contributed by atoms with Crippen molar-refractivity contribution in [1.29, 1.82) is 0 Å². The average molecular weight is 179 g/mol. The lowest BCUT2D eigenvalue weighted by molar-refractivity contribution is 0.361. The van der Waals surface area contributed by atoms with Gasteiger partial charge in [0.2, 0.25) is 0 Å². The van der Waals surface area contributed by atoms with Crippen molar-refractivity contribution in [2.75, 3.05) is 6.54 Å². The Labute approximate surface area is 82.3 Å². The zero-order chi connectivity index (χ0) is 9.52. The molecule has 0 saturated heterocycles. The average Bonchev–Trinajstić information content (AvgIpc) is 2.32. The topological polar surface area (TPSA) is 12.0 Å². The predicted molar refractivity (Wildman–Crippen MR) is 57.5 cm³/mol. The van der Waals surface area contributed by atoms with Gasteiger partial charge in [-0.3, -0.25) is 0 Å². The Hall–Kier alpha value is -0.480. The molecule has 0 heterocycles. The molecule has 0 aromatic rings. The van der Waals surface area contributed by atoms with E-state index in [-0.39, 0.29) is 0 Å². The van der Waals surface area contributed by atoms with E-state index >= 15 is 0 Å². The van der Waals surface area contributed by atoms with E-state index in [0.29, 0.717) is 0 Å². The highest BCUT2D eigenvalue weighted by Gasteiger charge is 2.18. The van der Waals surface area contributed by atoms with E-state index in [1.165, 1.54) is 32.1 Å². The fourth-order valence-corrected chi connectivity index (χ4v) is 2.13. The molecule has 1 aliphatic carbocycles. The fourth-order valence-electron chi connectivity index (χ4n) is 2.13. The molecule has 0 radical (unpaired) electrons. The van der Waals surface area contributed by atoms with Gasteiger partial charge in [-0.05, 0) is 18.8 Å². The summed E-state index contributed by atoms with van der Waals surface area (Å²) >= 11 is 0.